The van der Waals surface area contributed by atoms with Crippen LogP contribution in [0.1, 0.15) is 26.7 Å². The molecular formula is C16H24ClFN2O2. The molecule has 1 heterocycles. The molecule has 1 fully saturated rings. The third-order valence-electron chi connectivity index (χ3n) is 4.01. The first kappa shape index (κ1) is 18.7. The van der Waals surface area contributed by atoms with Crippen molar-refractivity contribution >= 4 is 18.3 Å². The zero-order chi connectivity index (χ0) is 15.4. The number of carbonyl (C=O) groups is 1. The van der Waals surface area contributed by atoms with Gasteiger partial charge < -0.3 is 15.4 Å². The minimum atomic E-state index is -0.599. The smallest absolute Gasteiger partial charge is 0.263 e. The molecule has 3 atom stereocenters. The van der Waals surface area contributed by atoms with E-state index in [9.17, 15) is 9.18 Å². The molecule has 6 heteroatoms. The Bertz CT molecular complexity index is 484. The third kappa shape index (κ3) is 4.58. The molecule has 0 aliphatic carbocycles. The summed E-state index contributed by atoms with van der Waals surface area (Å²) >= 11 is 0. The average molecular weight is 331 g/mol. The predicted molar refractivity (Wildman–Crippen MR) is 86.7 cm³/mol. The molecule has 124 valence electrons. The maximum Gasteiger partial charge on any atom is 0.263 e. The van der Waals surface area contributed by atoms with Gasteiger partial charge in [-0.1, -0.05) is 6.92 Å². The van der Waals surface area contributed by atoms with Crippen LogP contribution in [0.2, 0.25) is 0 Å². The fourth-order valence-corrected chi connectivity index (χ4v) is 2.77. The zero-order valence-corrected chi connectivity index (χ0v) is 13.8. The van der Waals surface area contributed by atoms with Crippen molar-refractivity contribution in [3.8, 4) is 5.75 Å². The number of benzene rings is 1. The van der Waals surface area contributed by atoms with Gasteiger partial charge in [0.05, 0.1) is 0 Å². The lowest BCUT2D eigenvalue weighted by Gasteiger charge is -2.39. The second-order valence-electron chi connectivity index (χ2n) is 5.76. The van der Waals surface area contributed by atoms with E-state index in [1.54, 1.807) is 6.92 Å². The van der Waals surface area contributed by atoms with Crippen molar-refractivity contribution in [3.63, 3.8) is 0 Å². The van der Waals surface area contributed by atoms with Gasteiger partial charge in [-0.3, -0.25) is 4.79 Å². The molecule has 1 saturated heterocycles. The van der Waals surface area contributed by atoms with Gasteiger partial charge in [0.25, 0.3) is 5.91 Å². The van der Waals surface area contributed by atoms with E-state index in [4.69, 9.17) is 10.5 Å². The molecule has 1 aromatic carbocycles. The topological polar surface area (TPSA) is 55.6 Å². The highest BCUT2D eigenvalue weighted by atomic mass is 35.5. The van der Waals surface area contributed by atoms with Crippen molar-refractivity contribution in [2.75, 3.05) is 13.1 Å². The molecule has 22 heavy (non-hydrogen) atoms. The van der Waals surface area contributed by atoms with Crippen LogP contribution in [0, 0.1) is 11.7 Å². The van der Waals surface area contributed by atoms with Crippen LogP contribution in [0.3, 0.4) is 0 Å². The number of rotatable bonds is 4. The molecule has 0 spiro atoms. The van der Waals surface area contributed by atoms with Crippen molar-refractivity contribution in [1.29, 1.82) is 0 Å². The number of nitrogens with zero attached hydrogens (tertiary/aromatic N) is 1. The Hall–Kier alpha value is -1.33. The highest BCUT2D eigenvalue weighted by Gasteiger charge is 2.32. The van der Waals surface area contributed by atoms with Crippen LogP contribution in [0.15, 0.2) is 24.3 Å². The number of ether oxygens (including phenoxy) is 1. The maximum atomic E-state index is 12.9. The Labute approximate surface area is 137 Å². The van der Waals surface area contributed by atoms with Gasteiger partial charge in [-0.25, -0.2) is 4.39 Å². The van der Waals surface area contributed by atoms with Gasteiger partial charge in [-0.05, 0) is 49.9 Å². The lowest BCUT2D eigenvalue weighted by molar-refractivity contribution is -0.142. The first-order valence-electron chi connectivity index (χ1n) is 7.44. The molecule has 1 aliphatic rings. The molecule has 2 rings (SSSR count). The Balaban J connectivity index is 0.00000242. The fourth-order valence-electron chi connectivity index (χ4n) is 2.77. The summed E-state index contributed by atoms with van der Waals surface area (Å²) in [5.41, 5.74) is 5.79. The van der Waals surface area contributed by atoms with Crippen LogP contribution in [-0.2, 0) is 4.79 Å². The number of likely N-dealkylation sites (tertiary alicyclic amines) is 1. The lowest BCUT2D eigenvalue weighted by Crippen LogP contribution is -2.52. The summed E-state index contributed by atoms with van der Waals surface area (Å²) in [6.45, 7) is 5.10. The summed E-state index contributed by atoms with van der Waals surface area (Å²) in [7, 11) is 0. The Morgan fingerprint density at radius 3 is 2.68 bits per heavy atom. The molecule has 0 aromatic heterocycles. The first-order valence-corrected chi connectivity index (χ1v) is 7.44. The van der Waals surface area contributed by atoms with E-state index in [2.05, 4.69) is 6.92 Å². The molecule has 3 unspecified atom stereocenters. The van der Waals surface area contributed by atoms with Crippen molar-refractivity contribution < 1.29 is 13.9 Å². The van der Waals surface area contributed by atoms with Crippen molar-refractivity contribution in [3.05, 3.63) is 30.1 Å². The van der Waals surface area contributed by atoms with E-state index in [0.717, 1.165) is 19.4 Å². The van der Waals surface area contributed by atoms with Gasteiger partial charge >= 0.3 is 0 Å². The van der Waals surface area contributed by atoms with Gasteiger partial charge in [-0.15, -0.1) is 12.4 Å². The molecule has 0 bridgehead atoms. The average Bonchev–Trinajstić information content (AvgIpc) is 2.48. The zero-order valence-electron chi connectivity index (χ0n) is 13.0. The number of carbonyl (C=O) groups excluding carboxylic acids is 1. The van der Waals surface area contributed by atoms with Crippen molar-refractivity contribution in [1.82, 2.24) is 4.90 Å². The van der Waals surface area contributed by atoms with Gasteiger partial charge in [0, 0.05) is 19.1 Å². The standard InChI is InChI=1S/C16H23FN2O2.ClH/c1-11-7-8-19(14(9-11)10-18)16(20)12(2)21-15-5-3-13(17)4-6-15;/h3-6,11-12,14H,7-10,18H2,1-2H3;1H. The minimum Gasteiger partial charge on any atom is -0.481 e. The third-order valence-corrected chi connectivity index (χ3v) is 4.01. The molecular weight excluding hydrogens is 307 g/mol. The second kappa shape index (κ2) is 8.34. The highest BCUT2D eigenvalue weighted by molar-refractivity contribution is 5.85. The Morgan fingerprint density at radius 1 is 1.45 bits per heavy atom. The quantitative estimate of drug-likeness (QED) is 0.923. The summed E-state index contributed by atoms with van der Waals surface area (Å²) in [5.74, 6) is 0.707. The monoisotopic (exact) mass is 330 g/mol. The van der Waals surface area contributed by atoms with E-state index in [1.165, 1.54) is 24.3 Å². The first-order chi connectivity index (χ1) is 10.0. The lowest BCUT2D eigenvalue weighted by atomic mass is 9.92. The van der Waals surface area contributed by atoms with Crippen LogP contribution in [0.25, 0.3) is 0 Å². The number of nitrogens with two attached hydrogens (primary N) is 1. The SMILES string of the molecule is CC1CCN(C(=O)C(C)Oc2ccc(F)cc2)C(CN)C1.Cl. The van der Waals surface area contributed by atoms with Crippen LogP contribution in [0.4, 0.5) is 4.39 Å². The number of piperidine rings is 1. The number of halogens is 2. The minimum absolute atomic E-state index is 0. The van der Waals surface area contributed by atoms with Gasteiger partial charge in [0.2, 0.25) is 0 Å². The molecule has 0 saturated carbocycles. The molecule has 1 aromatic rings. The maximum absolute atomic E-state index is 12.9. The van der Waals surface area contributed by atoms with Crippen molar-refractivity contribution in [2.45, 2.75) is 38.8 Å². The van der Waals surface area contributed by atoms with E-state index in [0.29, 0.717) is 18.2 Å². The second-order valence-corrected chi connectivity index (χ2v) is 5.76. The molecule has 1 aliphatic heterocycles. The van der Waals surface area contributed by atoms with Crippen LogP contribution in [-0.4, -0.2) is 36.0 Å². The number of hydrogen-bond donors (Lipinski definition) is 1. The number of amides is 1. The van der Waals surface area contributed by atoms with Gasteiger partial charge in [0.1, 0.15) is 11.6 Å². The summed E-state index contributed by atoms with van der Waals surface area (Å²) in [4.78, 5) is 14.3. The summed E-state index contributed by atoms with van der Waals surface area (Å²) in [6, 6.07) is 5.77. The highest BCUT2D eigenvalue weighted by Crippen LogP contribution is 2.23. The van der Waals surface area contributed by atoms with E-state index >= 15 is 0 Å². The van der Waals surface area contributed by atoms with Crippen LogP contribution in [0.5, 0.6) is 5.75 Å². The van der Waals surface area contributed by atoms with E-state index < -0.39 is 6.10 Å². The van der Waals surface area contributed by atoms with Crippen LogP contribution >= 0.6 is 12.4 Å². The van der Waals surface area contributed by atoms with Gasteiger partial charge in [0.15, 0.2) is 6.10 Å². The molecule has 1 amide bonds. The van der Waals surface area contributed by atoms with Gasteiger partial charge in [-0.2, -0.15) is 0 Å². The van der Waals surface area contributed by atoms with Crippen LogP contribution < -0.4 is 10.5 Å². The predicted octanol–water partition coefficient (Wildman–Crippen LogP) is 2.60. The van der Waals surface area contributed by atoms with E-state index in [1.807, 2.05) is 4.90 Å². The van der Waals surface area contributed by atoms with E-state index in [-0.39, 0.29) is 30.2 Å². The normalized spacial score (nSPS) is 22.6. The number of hydrogen-bond acceptors (Lipinski definition) is 3. The Morgan fingerprint density at radius 2 is 2.09 bits per heavy atom. The van der Waals surface area contributed by atoms with Crippen molar-refractivity contribution in [2.24, 2.45) is 11.7 Å². The molecule has 4 nitrogen and oxygen atoms in total. The fraction of sp³-hybridized carbons (Fsp3) is 0.562. The largest absolute Gasteiger partial charge is 0.481 e. The Kier molecular flexibility index (Phi) is 7.10. The molecule has 0 radical (unpaired) electrons. The summed E-state index contributed by atoms with van der Waals surface area (Å²) in [6.07, 6.45) is 1.33. The summed E-state index contributed by atoms with van der Waals surface area (Å²) in [5, 5.41) is 0. The summed E-state index contributed by atoms with van der Waals surface area (Å²) < 4.78 is 18.5. The molecule has 2 N–H and O–H groups in total.